The van der Waals surface area contributed by atoms with Crippen molar-refractivity contribution < 1.29 is 37.0 Å². The molecular formula is C15H15F3N4O5. The molecule has 0 saturated carbocycles. The number of alkyl halides is 3. The number of nitrogens with zero attached hydrogens (tertiary/aromatic N) is 4. The Kier molecular flexibility index (Phi) is 6.32. The van der Waals surface area contributed by atoms with Crippen molar-refractivity contribution in [1.29, 1.82) is 0 Å². The lowest BCUT2D eigenvalue weighted by molar-refractivity contribution is -0.153. The molecule has 0 spiro atoms. The Balaban J connectivity index is 2.05. The highest BCUT2D eigenvalue weighted by atomic mass is 19.4. The lowest BCUT2D eigenvalue weighted by Gasteiger charge is -2.13. The smallest absolute Gasteiger partial charge is 0.422 e. The van der Waals surface area contributed by atoms with Gasteiger partial charge in [-0.05, 0) is 19.1 Å². The molecule has 0 bridgehead atoms. The van der Waals surface area contributed by atoms with Gasteiger partial charge in [0.25, 0.3) is 0 Å². The van der Waals surface area contributed by atoms with E-state index in [1.54, 1.807) is 0 Å². The zero-order valence-electron chi connectivity index (χ0n) is 14.3. The molecule has 12 heteroatoms. The summed E-state index contributed by atoms with van der Waals surface area (Å²) in [7, 11) is 1.22. The molecule has 0 aliphatic rings. The maximum atomic E-state index is 12.3. The first kappa shape index (κ1) is 20.1. The first-order valence-electron chi connectivity index (χ1n) is 7.52. The Morgan fingerprint density at radius 3 is 2.74 bits per heavy atom. The molecule has 2 heterocycles. The molecule has 9 nitrogen and oxygen atoms in total. The number of esters is 2. The second-order valence-corrected chi connectivity index (χ2v) is 5.22. The molecule has 0 fully saturated rings. The minimum absolute atomic E-state index is 0.181. The van der Waals surface area contributed by atoms with Gasteiger partial charge in [0.05, 0.1) is 13.3 Å². The topological polar surface area (TPSA) is 105 Å². The molecule has 0 aliphatic carbocycles. The van der Waals surface area contributed by atoms with Crippen LogP contribution < -0.4 is 4.74 Å². The van der Waals surface area contributed by atoms with Gasteiger partial charge in [0, 0.05) is 6.20 Å². The zero-order valence-corrected chi connectivity index (χ0v) is 14.3. The molecular weight excluding hydrogens is 373 g/mol. The van der Waals surface area contributed by atoms with Crippen LogP contribution in [0.3, 0.4) is 0 Å². The molecule has 27 heavy (non-hydrogen) atoms. The number of rotatable bonds is 7. The average molecular weight is 388 g/mol. The number of aromatic nitrogens is 4. The van der Waals surface area contributed by atoms with Crippen LogP contribution in [-0.4, -0.2) is 51.8 Å². The number of carbonyl (C=O) groups excluding carboxylic acids is 2. The number of pyridine rings is 1. The zero-order chi connectivity index (χ0) is 20.0. The Morgan fingerprint density at radius 1 is 1.33 bits per heavy atom. The molecule has 1 atom stereocenters. The van der Waals surface area contributed by atoms with Crippen molar-refractivity contribution in [3.05, 3.63) is 35.9 Å². The molecule has 2 rings (SSSR count). The van der Waals surface area contributed by atoms with E-state index in [0.717, 1.165) is 0 Å². The van der Waals surface area contributed by atoms with Crippen LogP contribution in [0.4, 0.5) is 13.2 Å². The third-order valence-electron chi connectivity index (χ3n) is 3.13. The molecule has 0 aromatic carbocycles. The predicted octanol–water partition coefficient (Wildman–Crippen LogP) is 1.71. The van der Waals surface area contributed by atoms with E-state index < -0.39 is 36.5 Å². The molecule has 0 unspecified atom stereocenters. The second kappa shape index (κ2) is 8.47. The van der Waals surface area contributed by atoms with E-state index in [-0.39, 0.29) is 18.0 Å². The second-order valence-electron chi connectivity index (χ2n) is 5.22. The third kappa shape index (κ3) is 5.94. The van der Waals surface area contributed by atoms with Gasteiger partial charge in [-0.25, -0.2) is 14.5 Å². The van der Waals surface area contributed by atoms with E-state index in [4.69, 9.17) is 4.74 Å². The van der Waals surface area contributed by atoms with Crippen molar-refractivity contribution in [2.24, 2.45) is 0 Å². The summed E-state index contributed by atoms with van der Waals surface area (Å²) >= 11 is 0. The van der Waals surface area contributed by atoms with Crippen molar-refractivity contribution in [3.63, 3.8) is 0 Å². The SMILES string of the molecule is COC(=O)Cn1cc([C@@H](C)OC(=O)c2ncccc2OCC(F)(F)F)nn1. The highest BCUT2D eigenvalue weighted by molar-refractivity contribution is 5.90. The number of hydrogen-bond donors (Lipinski definition) is 0. The summed E-state index contributed by atoms with van der Waals surface area (Å²) in [6, 6.07) is 2.50. The predicted molar refractivity (Wildman–Crippen MR) is 81.7 cm³/mol. The van der Waals surface area contributed by atoms with Gasteiger partial charge in [-0.15, -0.1) is 5.10 Å². The lowest BCUT2D eigenvalue weighted by Crippen LogP contribution is -2.21. The van der Waals surface area contributed by atoms with Crippen molar-refractivity contribution in [2.45, 2.75) is 25.7 Å². The highest BCUT2D eigenvalue weighted by Crippen LogP contribution is 2.23. The van der Waals surface area contributed by atoms with E-state index >= 15 is 0 Å². The highest BCUT2D eigenvalue weighted by Gasteiger charge is 2.30. The normalized spacial score (nSPS) is 12.3. The summed E-state index contributed by atoms with van der Waals surface area (Å²) in [5.41, 5.74) is -0.184. The average Bonchev–Trinajstić information content (AvgIpc) is 3.08. The number of methoxy groups -OCH3 is 1. The molecule has 2 aromatic rings. The van der Waals surface area contributed by atoms with Crippen molar-refractivity contribution >= 4 is 11.9 Å². The fraction of sp³-hybridized carbons (Fsp3) is 0.400. The minimum Gasteiger partial charge on any atom is -0.482 e. The number of ether oxygens (including phenoxy) is 3. The Labute approximate surface area is 151 Å². The fourth-order valence-corrected chi connectivity index (χ4v) is 1.87. The Hall–Kier alpha value is -3.18. The summed E-state index contributed by atoms with van der Waals surface area (Å²) in [6.07, 6.45) is -2.88. The maximum Gasteiger partial charge on any atom is 0.422 e. The largest absolute Gasteiger partial charge is 0.482 e. The third-order valence-corrected chi connectivity index (χ3v) is 3.13. The lowest BCUT2D eigenvalue weighted by atomic mass is 10.3. The molecule has 0 aliphatic heterocycles. The van der Waals surface area contributed by atoms with Crippen LogP contribution in [-0.2, 0) is 20.8 Å². The van der Waals surface area contributed by atoms with E-state index in [9.17, 15) is 22.8 Å². The Bertz CT molecular complexity index is 809. The van der Waals surface area contributed by atoms with Gasteiger partial charge in [0.2, 0.25) is 0 Å². The fourth-order valence-electron chi connectivity index (χ4n) is 1.87. The standard InChI is InChI=1S/C15H15F3N4O5/c1-9(10-6-22(21-20-10)7-12(23)25-2)27-14(24)13-11(4-3-5-19-13)26-8-15(16,17)18/h3-6,9H,7-8H2,1-2H3/t9-/m1/s1. The van der Waals surface area contributed by atoms with Crippen molar-refractivity contribution in [1.82, 2.24) is 20.0 Å². The Morgan fingerprint density at radius 2 is 2.07 bits per heavy atom. The van der Waals surface area contributed by atoms with Gasteiger partial charge >= 0.3 is 18.1 Å². The molecule has 2 aromatic heterocycles. The van der Waals surface area contributed by atoms with Crippen LogP contribution in [0.5, 0.6) is 5.75 Å². The van der Waals surface area contributed by atoms with E-state index in [2.05, 4.69) is 24.8 Å². The van der Waals surface area contributed by atoms with Crippen molar-refractivity contribution in [2.75, 3.05) is 13.7 Å². The van der Waals surface area contributed by atoms with E-state index in [1.807, 2.05) is 0 Å². The van der Waals surface area contributed by atoms with E-state index in [0.29, 0.717) is 0 Å². The van der Waals surface area contributed by atoms with Crippen LogP contribution in [0, 0.1) is 0 Å². The van der Waals surface area contributed by atoms with Crippen LogP contribution in [0.1, 0.15) is 29.2 Å². The number of halogens is 3. The maximum absolute atomic E-state index is 12.3. The molecule has 0 radical (unpaired) electrons. The van der Waals surface area contributed by atoms with Gasteiger partial charge < -0.3 is 14.2 Å². The molecule has 146 valence electrons. The number of hydrogen-bond acceptors (Lipinski definition) is 8. The van der Waals surface area contributed by atoms with Crippen LogP contribution >= 0.6 is 0 Å². The quantitative estimate of drug-likeness (QED) is 0.660. The van der Waals surface area contributed by atoms with Gasteiger partial charge in [-0.1, -0.05) is 5.21 Å². The van der Waals surface area contributed by atoms with E-state index in [1.165, 1.54) is 43.2 Å². The van der Waals surface area contributed by atoms with Gasteiger partial charge in [-0.3, -0.25) is 4.79 Å². The minimum atomic E-state index is -4.57. The van der Waals surface area contributed by atoms with Crippen LogP contribution in [0.2, 0.25) is 0 Å². The first-order chi connectivity index (χ1) is 12.7. The summed E-state index contributed by atoms with van der Waals surface area (Å²) in [5, 5.41) is 7.46. The van der Waals surface area contributed by atoms with Crippen molar-refractivity contribution in [3.8, 4) is 5.75 Å². The van der Waals surface area contributed by atoms with Crippen LogP contribution in [0.15, 0.2) is 24.5 Å². The summed E-state index contributed by atoms with van der Waals surface area (Å²) in [6.45, 7) is -0.278. The molecule has 0 amide bonds. The monoisotopic (exact) mass is 388 g/mol. The molecule has 0 saturated heterocycles. The summed E-state index contributed by atoms with van der Waals surface area (Å²) in [5.74, 6) is -1.90. The van der Waals surface area contributed by atoms with Gasteiger partial charge in [-0.2, -0.15) is 13.2 Å². The summed E-state index contributed by atoms with van der Waals surface area (Å²) in [4.78, 5) is 27.1. The summed E-state index contributed by atoms with van der Waals surface area (Å²) < 4.78 is 52.4. The molecule has 0 N–H and O–H groups in total. The van der Waals surface area contributed by atoms with Gasteiger partial charge in [0.15, 0.2) is 18.1 Å². The van der Waals surface area contributed by atoms with Crippen LogP contribution in [0.25, 0.3) is 0 Å². The number of carbonyl (C=O) groups is 2. The first-order valence-corrected chi connectivity index (χ1v) is 7.52. The van der Waals surface area contributed by atoms with Gasteiger partial charge in [0.1, 0.15) is 18.3 Å².